The van der Waals surface area contributed by atoms with Crippen LogP contribution in [0, 0.1) is 0 Å². The van der Waals surface area contributed by atoms with Gasteiger partial charge in [0.25, 0.3) is 5.91 Å². The van der Waals surface area contributed by atoms with Gasteiger partial charge in [-0.05, 0) is 36.4 Å². The number of likely N-dealkylation sites (tertiary alicyclic amines) is 1. The van der Waals surface area contributed by atoms with Gasteiger partial charge in [-0.3, -0.25) is 9.89 Å². The maximum Gasteiger partial charge on any atom is 0.433 e. The summed E-state index contributed by atoms with van der Waals surface area (Å²) in [7, 11) is 0. The van der Waals surface area contributed by atoms with Gasteiger partial charge in [0.15, 0.2) is 11.3 Å². The number of nitrogens with one attached hydrogen (secondary N) is 1. The van der Waals surface area contributed by atoms with Crippen molar-refractivity contribution in [3.05, 3.63) is 59.0 Å². The lowest BCUT2D eigenvalue weighted by atomic mass is 9.94. The van der Waals surface area contributed by atoms with E-state index in [9.17, 15) is 18.0 Å². The van der Waals surface area contributed by atoms with Gasteiger partial charge < -0.3 is 4.90 Å². The molecule has 0 bridgehead atoms. The van der Waals surface area contributed by atoms with E-state index in [2.05, 4.69) is 20.3 Å². The molecule has 5 rings (SSSR count). The Morgan fingerprint density at radius 1 is 1.26 bits per heavy atom. The molecular formula is C20H17F3N6OS. The number of halogens is 3. The van der Waals surface area contributed by atoms with E-state index in [0.29, 0.717) is 29.4 Å². The smallest absolute Gasteiger partial charge is 0.337 e. The Bertz CT molecular complexity index is 1220. The molecular weight excluding hydrogens is 429 g/mol. The molecule has 1 atom stereocenters. The number of H-pyrrole nitrogens is 1. The first-order valence-corrected chi connectivity index (χ1v) is 10.6. The number of hydrogen-bond acceptors (Lipinski definition) is 5. The lowest BCUT2D eigenvalue weighted by molar-refractivity contribution is -0.142. The van der Waals surface area contributed by atoms with Crippen LogP contribution >= 0.6 is 11.3 Å². The van der Waals surface area contributed by atoms with Crippen LogP contribution in [0.1, 0.15) is 40.6 Å². The van der Waals surface area contributed by atoms with Crippen LogP contribution < -0.4 is 0 Å². The summed E-state index contributed by atoms with van der Waals surface area (Å²) in [5.41, 5.74) is 0.431. The third kappa shape index (κ3) is 3.69. The van der Waals surface area contributed by atoms with Crippen LogP contribution in [-0.4, -0.2) is 48.7 Å². The zero-order valence-electron chi connectivity index (χ0n) is 16.1. The average Bonchev–Trinajstić information content (AvgIpc) is 3.53. The van der Waals surface area contributed by atoms with Crippen LogP contribution in [0.2, 0.25) is 0 Å². The summed E-state index contributed by atoms with van der Waals surface area (Å²) in [5.74, 6) is -0.353. The molecule has 0 radical (unpaired) electrons. The number of thiophene rings is 1. The van der Waals surface area contributed by atoms with Crippen LogP contribution in [0.3, 0.4) is 0 Å². The fourth-order valence-corrected chi connectivity index (χ4v) is 4.58. The third-order valence-electron chi connectivity index (χ3n) is 5.37. The molecule has 0 spiro atoms. The number of carbonyl (C=O) groups excluding carboxylic acids is 1. The number of rotatable bonds is 3. The Kier molecular flexibility index (Phi) is 4.77. The van der Waals surface area contributed by atoms with Gasteiger partial charge >= 0.3 is 6.18 Å². The normalized spacial score (nSPS) is 17.4. The van der Waals surface area contributed by atoms with Gasteiger partial charge in [0.2, 0.25) is 0 Å². The van der Waals surface area contributed by atoms with Gasteiger partial charge in [0.1, 0.15) is 5.69 Å². The van der Waals surface area contributed by atoms with E-state index in [4.69, 9.17) is 0 Å². The Hall–Kier alpha value is -3.21. The molecule has 1 unspecified atom stereocenters. The molecule has 1 aliphatic heterocycles. The Morgan fingerprint density at radius 3 is 2.84 bits per heavy atom. The van der Waals surface area contributed by atoms with Crippen LogP contribution in [0.5, 0.6) is 0 Å². The van der Waals surface area contributed by atoms with E-state index in [1.165, 1.54) is 17.5 Å². The molecule has 0 aromatic carbocycles. The van der Waals surface area contributed by atoms with Gasteiger partial charge in [-0.1, -0.05) is 6.07 Å². The van der Waals surface area contributed by atoms with Crippen LogP contribution in [-0.2, 0) is 6.18 Å². The summed E-state index contributed by atoms with van der Waals surface area (Å²) in [6.45, 7) is 0.956. The second-order valence-corrected chi connectivity index (χ2v) is 8.35. The van der Waals surface area contributed by atoms with Crippen LogP contribution in [0.15, 0.2) is 41.9 Å². The minimum Gasteiger partial charge on any atom is -0.337 e. The first-order valence-electron chi connectivity index (χ1n) is 9.70. The summed E-state index contributed by atoms with van der Waals surface area (Å²) >= 11 is 1.33. The predicted octanol–water partition coefficient (Wildman–Crippen LogP) is 4.22. The highest BCUT2D eigenvalue weighted by Crippen LogP contribution is 2.35. The van der Waals surface area contributed by atoms with Crippen molar-refractivity contribution in [2.45, 2.75) is 24.9 Å². The summed E-state index contributed by atoms with van der Waals surface area (Å²) in [5, 5.41) is 12.5. The van der Waals surface area contributed by atoms with Gasteiger partial charge in [-0.2, -0.15) is 23.4 Å². The minimum atomic E-state index is -4.58. The van der Waals surface area contributed by atoms with E-state index in [-0.39, 0.29) is 23.2 Å². The van der Waals surface area contributed by atoms with Crippen molar-refractivity contribution < 1.29 is 18.0 Å². The fourth-order valence-electron chi connectivity index (χ4n) is 3.89. The average molecular weight is 446 g/mol. The number of nitrogens with zero attached hydrogens (tertiary/aromatic N) is 5. The van der Waals surface area contributed by atoms with Crippen molar-refractivity contribution in [2.24, 2.45) is 0 Å². The SMILES string of the molecule is O=C(c1ccn[nH]1)N1CCCC(c2cc3nc(-c4cccs4)cc(C(F)(F)F)n3n2)C1. The highest BCUT2D eigenvalue weighted by molar-refractivity contribution is 7.13. The van der Waals surface area contributed by atoms with Gasteiger partial charge in [-0.15, -0.1) is 11.3 Å². The predicted molar refractivity (Wildman–Crippen MR) is 108 cm³/mol. The van der Waals surface area contributed by atoms with E-state index in [0.717, 1.165) is 23.4 Å². The van der Waals surface area contributed by atoms with Crippen molar-refractivity contribution in [2.75, 3.05) is 13.1 Å². The number of aromatic amines is 1. The molecule has 11 heteroatoms. The standard InChI is InChI=1S/C20H17F3N6OS/c21-20(22,23)17-9-15(16-4-2-8-31-16)25-18-10-14(27-29(17)18)12-3-1-7-28(11-12)19(30)13-5-6-24-26-13/h2,4-6,8-10,12H,1,3,7,11H2,(H,24,26). The monoisotopic (exact) mass is 446 g/mol. The molecule has 1 aliphatic rings. The topological polar surface area (TPSA) is 79.2 Å². The molecule has 7 nitrogen and oxygen atoms in total. The number of alkyl halides is 3. The minimum absolute atomic E-state index is 0.144. The fraction of sp³-hybridized carbons (Fsp3) is 0.300. The van der Waals surface area contributed by atoms with E-state index < -0.39 is 11.9 Å². The highest BCUT2D eigenvalue weighted by Gasteiger charge is 2.36. The zero-order valence-corrected chi connectivity index (χ0v) is 17.0. The summed E-state index contributed by atoms with van der Waals surface area (Å²) in [4.78, 5) is 19.4. The molecule has 1 saturated heterocycles. The highest BCUT2D eigenvalue weighted by atomic mass is 32.1. The maximum atomic E-state index is 13.8. The lowest BCUT2D eigenvalue weighted by Gasteiger charge is -2.31. The van der Waals surface area contributed by atoms with Crippen molar-refractivity contribution in [1.29, 1.82) is 0 Å². The summed E-state index contributed by atoms with van der Waals surface area (Å²) in [6.07, 6.45) is -1.61. The molecule has 1 amide bonds. The number of piperidine rings is 1. The number of aromatic nitrogens is 5. The number of carbonyl (C=O) groups is 1. The molecule has 1 fully saturated rings. The van der Waals surface area contributed by atoms with Crippen molar-refractivity contribution in [1.82, 2.24) is 29.7 Å². The molecule has 5 heterocycles. The molecule has 4 aromatic heterocycles. The van der Waals surface area contributed by atoms with E-state index in [1.807, 2.05) is 0 Å². The van der Waals surface area contributed by atoms with Crippen molar-refractivity contribution in [3.63, 3.8) is 0 Å². The van der Waals surface area contributed by atoms with Gasteiger partial charge in [-0.25, -0.2) is 9.50 Å². The molecule has 1 N–H and O–H groups in total. The largest absolute Gasteiger partial charge is 0.433 e. The molecule has 31 heavy (non-hydrogen) atoms. The van der Waals surface area contributed by atoms with Crippen LogP contribution in [0.4, 0.5) is 13.2 Å². The lowest BCUT2D eigenvalue weighted by Crippen LogP contribution is -2.39. The molecule has 160 valence electrons. The second kappa shape index (κ2) is 7.49. The Balaban J connectivity index is 1.51. The first kappa shape index (κ1) is 19.7. The molecule has 4 aromatic rings. The third-order valence-corrected chi connectivity index (χ3v) is 6.26. The van der Waals surface area contributed by atoms with E-state index in [1.54, 1.807) is 34.5 Å². The Morgan fingerprint density at radius 2 is 2.13 bits per heavy atom. The van der Waals surface area contributed by atoms with Gasteiger partial charge in [0, 0.05) is 31.3 Å². The Labute approximate surface area is 178 Å². The van der Waals surface area contributed by atoms with Crippen molar-refractivity contribution >= 4 is 22.9 Å². The molecule has 0 aliphatic carbocycles. The van der Waals surface area contributed by atoms with Gasteiger partial charge in [0.05, 0.1) is 16.3 Å². The summed E-state index contributed by atoms with van der Waals surface area (Å²) in [6, 6.07) is 7.74. The second-order valence-electron chi connectivity index (χ2n) is 7.40. The maximum absolute atomic E-state index is 13.8. The number of hydrogen-bond donors (Lipinski definition) is 1. The quantitative estimate of drug-likeness (QED) is 0.511. The first-order chi connectivity index (χ1) is 14.9. The number of fused-ring (bicyclic) bond motifs is 1. The zero-order chi connectivity index (χ0) is 21.6. The van der Waals surface area contributed by atoms with Crippen molar-refractivity contribution in [3.8, 4) is 10.6 Å². The van der Waals surface area contributed by atoms with Crippen LogP contribution in [0.25, 0.3) is 16.2 Å². The summed E-state index contributed by atoms with van der Waals surface area (Å²) < 4.78 is 42.2. The number of amides is 1. The van der Waals surface area contributed by atoms with E-state index >= 15 is 0 Å². The molecule has 0 saturated carbocycles.